The first-order chi connectivity index (χ1) is 10.2. The van der Waals surface area contributed by atoms with Crippen molar-refractivity contribution in [3.63, 3.8) is 0 Å². The van der Waals surface area contributed by atoms with Crippen LogP contribution in [0.25, 0.3) is 0 Å². The van der Waals surface area contributed by atoms with Crippen LogP contribution in [0.3, 0.4) is 0 Å². The Bertz CT molecular complexity index is 651. The number of nitrogen functional groups attached to an aromatic ring is 1. The molecule has 0 spiro atoms. The van der Waals surface area contributed by atoms with Gasteiger partial charge in [0.05, 0.1) is 12.8 Å². The molecule has 3 rings (SSSR count). The van der Waals surface area contributed by atoms with Crippen molar-refractivity contribution in [3.8, 4) is 5.75 Å². The third kappa shape index (κ3) is 3.00. The highest BCUT2D eigenvalue weighted by Gasteiger charge is 2.23. The number of aromatic nitrogens is 1. The lowest BCUT2D eigenvalue weighted by molar-refractivity contribution is 0.0933. The molecule has 0 radical (unpaired) electrons. The number of hydrogen-bond donors (Lipinski definition) is 2. The SMILES string of the molecule is COc1ccc(C(=O)NC2CCc3nc(N)sc3C2)cc1. The van der Waals surface area contributed by atoms with Crippen molar-refractivity contribution >= 4 is 22.4 Å². The number of ether oxygens (including phenoxy) is 1. The Balaban J connectivity index is 1.65. The summed E-state index contributed by atoms with van der Waals surface area (Å²) >= 11 is 1.52. The van der Waals surface area contributed by atoms with Crippen LogP contribution in [0, 0.1) is 0 Å². The quantitative estimate of drug-likeness (QED) is 0.909. The molecule has 6 heteroatoms. The average Bonchev–Trinajstić information content (AvgIpc) is 2.86. The number of nitrogens with one attached hydrogen (secondary N) is 1. The summed E-state index contributed by atoms with van der Waals surface area (Å²) in [6.07, 6.45) is 2.58. The van der Waals surface area contributed by atoms with E-state index in [0.717, 1.165) is 30.7 Å². The monoisotopic (exact) mass is 303 g/mol. The van der Waals surface area contributed by atoms with Crippen molar-refractivity contribution in [2.75, 3.05) is 12.8 Å². The molecular weight excluding hydrogens is 286 g/mol. The molecule has 110 valence electrons. The molecule has 1 aromatic carbocycles. The van der Waals surface area contributed by atoms with Gasteiger partial charge >= 0.3 is 0 Å². The van der Waals surface area contributed by atoms with Crippen molar-refractivity contribution in [1.29, 1.82) is 0 Å². The Morgan fingerprint density at radius 2 is 2.19 bits per heavy atom. The number of nitrogens with zero attached hydrogens (tertiary/aromatic N) is 1. The Morgan fingerprint density at radius 1 is 1.43 bits per heavy atom. The van der Waals surface area contributed by atoms with Crippen LogP contribution in [0.4, 0.5) is 5.13 Å². The Hall–Kier alpha value is -2.08. The number of benzene rings is 1. The van der Waals surface area contributed by atoms with Gasteiger partial charge in [-0.05, 0) is 37.1 Å². The smallest absolute Gasteiger partial charge is 0.251 e. The van der Waals surface area contributed by atoms with E-state index in [-0.39, 0.29) is 11.9 Å². The van der Waals surface area contributed by atoms with Gasteiger partial charge in [0.2, 0.25) is 0 Å². The predicted molar refractivity (Wildman–Crippen MR) is 82.8 cm³/mol. The van der Waals surface area contributed by atoms with Crippen molar-refractivity contribution in [1.82, 2.24) is 10.3 Å². The highest BCUT2D eigenvalue weighted by molar-refractivity contribution is 7.15. The van der Waals surface area contributed by atoms with E-state index < -0.39 is 0 Å². The van der Waals surface area contributed by atoms with E-state index >= 15 is 0 Å². The Kier molecular flexibility index (Phi) is 3.79. The summed E-state index contributed by atoms with van der Waals surface area (Å²) in [6.45, 7) is 0. The molecular formula is C15H17N3O2S. The number of carbonyl (C=O) groups excluding carboxylic acids is 1. The molecule has 1 unspecified atom stereocenters. The van der Waals surface area contributed by atoms with Crippen LogP contribution in [0.15, 0.2) is 24.3 Å². The summed E-state index contributed by atoms with van der Waals surface area (Å²) in [4.78, 5) is 17.7. The summed E-state index contributed by atoms with van der Waals surface area (Å²) < 4.78 is 5.09. The zero-order chi connectivity index (χ0) is 14.8. The number of carbonyl (C=O) groups is 1. The number of rotatable bonds is 3. The third-order valence-electron chi connectivity index (χ3n) is 3.64. The molecule has 0 fully saturated rings. The molecule has 2 aromatic rings. The lowest BCUT2D eigenvalue weighted by atomic mass is 9.97. The number of anilines is 1. The molecule has 0 saturated heterocycles. The first-order valence-corrected chi connectivity index (χ1v) is 7.66. The molecule has 1 amide bonds. The van der Waals surface area contributed by atoms with Gasteiger partial charge in [0, 0.05) is 22.9 Å². The lowest BCUT2D eigenvalue weighted by Gasteiger charge is -2.22. The first kappa shape index (κ1) is 13.9. The standard InChI is InChI=1S/C15H17N3O2S/c1-20-11-5-2-9(3-6-11)14(19)17-10-4-7-12-13(8-10)21-15(16)18-12/h2-3,5-6,10H,4,7-8H2,1H3,(H2,16,18)(H,17,19). The Morgan fingerprint density at radius 3 is 2.90 bits per heavy atom. The van der Waals surface area contributed by atoms with Crippen molar-refractivity contribution in [3.05, 3.63) is 40.4 Å². The van der Waals surface area contributed by atoms with Gasteiger partial charge in [-0.15, -0.1) is 11.3 Å². The van der Waals surface area contributed by atoms with E-state index in [4.69, 9.17) is 10.5 Å². The van der Waals surface area contributed by atoms with Crippen LogP contribution >= 0.6 is 11.3 Å². The van der Waals surface area contributed by atoms with Crippen LogP contribution in [-0.2, 0) is 12.8 Å². The molecule has 21 heavy (non-hydrogen) atoms. The Labute approximate surface area is 127 Å². The summed E-state index contributed by atoms with van der Waals surface area (Å²) in [6, 6.07) is 7.27. The maximum atomic E-state index is 12.2. The number of thiazole rings is 1. The minimum Gasteiger partial charge on any atom is -0.497 e. The minimum absolute atomic E-state index is 0.0522. The van der Waals surface area contributed by atoms with Crippen LogP contribution in [0.1, 0.15) is 27.3 Å². The molecule has 1 atom stereocenters. The van der Waals surface area contributed by atoms with E-state index in [1.807, 2.05) is 0 Å². The fraction of sp³-hybridized carbons (Fsp3) is 0.333. The molecule has 1 aromatic heterocycles. The number of amides is 1. The van der Waals surface area contributed by atoms with Gasteiger partial charge in [-0.3, -0.25) is 4.79 Å². The number of nitrogens with two attached hydrogens (primary N) is 1. The van der Waals surface area contributed by atoms with Crippen LogP contribution in [0.5, 0.6) is 5.75 Å². The number of aryl methyl sites for hydroxylation is 1. The van der Waals surface area contributed by atoms with Gasteiger partial charge in [-0.1, -0.05) is 0 Å². The fourth-order valence-electron chi connectivity index (χ4n) is 2.53. The highest BCUT2D eigenvalue weighted by Crippen LogP contribution is 2.28. The zero-order valence-corrected chi connectivity index (χ0v) is 12.6. The second-order valence-electron chi connectivity index (χ2n) is 5.06. The molecule has 5 nitrogen and oxygen atoms in total. The topological polar surface area (TPSA) is 77.2 Å². The highest BCUT2D eigenvalue weighted by atomic mass is 32.1. The van der Waals surface area contributed by atoms with Gasteiger partial charge in [0.1, 0.15) is 5.75 Å². The minimum atomic E-state index is -0.0522. The maximum absolute atomic E-state index is 12.2. The van der Waals surface area contributed by atoms with Crippen molar-refractivity contribution in [2.24, 2.45) is 0 Å². The predicted octanol–water partition coefficient (Wildman–Crippen LogP) is 2.02. The molecule has 0 saturated carbocycles. The zero-order valence-electron chi connectivity index (χ0n) is 11.8. The van der Waals surface area contributed by atoms with Crippen LogP contribution < -0.4 is 15.8 Å². The molecule has 1 aliphatic rings. The van der Waals surface area contributed by atoms with Gasteiger partial charge in [0.15, 0.2) is 5.13 Å². The fourth-order valence-corrected chi connectivity index (χ4v) is 3.49. The van der Waals surface area contributed by atoms with E-state index in [9.17, 15) is 4.79 Å². The normalized spacial score (nSPS) is 17.1. The van der Waals surface area contributed by atoms with Gasteiger partial charge in [-0.2, -0.15) is 0 Å². The maximum Gasteiger partial charge on any atom is 0.251 e. The molecule has 0 aliphatic heterocycles. The number of methoxy groups -OCH3 is 1. The summed E-state index contributed by atoms with van der Waals surface area (Å²) in [5, 5.41) is 3.69. The number of hydrogen-bond acceptors (Lipinski definition) is 5. The van der Waals surface area contributed by atoms with Crippen molar-refractivity contribution < 1.29 is 9.53 Å². The second-order valence-corrected chi connectivity index (χ2v) is 6.18. The third-order valence-corrected chi connectivity index (χ3v) is 4.59. The van der Waals surface area contributed by atoms with Gasteiger partial charge < -0.3 is 15.8 Å². The summed E-state index contributed by atoms with van der Waals surface area (Å²) in [5.41, 5.74) is 7.47. The number of fused-ring (bicyclic) bond motifs is 1. The van der Waals surface area contributed by atoms with E-state index in [1.165, 1.54) is 16.2 Å². The van der Waals surface area contributed by atoms with Gasteiger partial charge in [0.25, 0.3) is 5.91 Å². The van der Waals surface area contributed by atoms with E-state index in [0.29, 0.717) is 10.7 Å². The first-order valence-electron chi connectivity index (χ1n) is 6.84. The van der Waals surface area contributed by atoms with Crippen LogP contribution in [-0.4, -0.2) is 24.0 Å². The van der Waals surface area contributed by atoms with E-state index in [1.54, 1.807) is 31.4 Å². The summed E-state index contributed by atoms with van der Waals surface area (Å²) in [5.74, 6) is 0.692. The van der Waals surface area contributed by atoms with Crippen LogP contribution in [0.2, 0.25) is 0 Å². The molecule has 0 bridgehead atoms. The van der Waals surface area contributed by atoms with Gasteiger partial charge in [-0.25, -0.2) is 4.98 Å². The molecule has 1 aliphatic carbocycles. The van der Waals surface area contributed by atoms with Crippen molar-refractivity contribution in [2.45, 2.75) is 25.3 Å². The molecule has 1 heterocycles. The lowest BCUT2D eigenvalue weighted by Crippen LogP contribution is -2.38. The second kappa shape index (κ2) is 5.73. The van der Waals surface area contributed by atoms with E-state index in [2.05, 4.69) is 10.3 Å². The summed E-state index contributed by atoms with van der Waals surface area (Å²) in [7, 11) is 1.61. The largest absolute Gasteiger partial charge is 0.497 e. The molecule has 3 N–H and O–H groups in total. The average molecular weight is 303 g/mol.